The van der Waals surface area contributed by atoms with Gasteiger partial charge in [-0.3, -0.25) is 19.4 Å². The van der Waals surface area contributed by atoms with Crippen molar-refractivity contribution in [2.24, 2.45) is 0 Å². The van der Waals surface area contributed by atoms with Crippen LogP contribution in [0.3, 0.4) is 0 Å². The first-order chi connectivity index (χ1) is 14.5. The van der Waals surface area contributed by atoms with Gasteiger partial charge in [0, 0.05) is 25.5 Å². The van der Waals surface area contributed by atoms with Crippen molar-refractivity contribution in [1.82, 2.24) is 15.6 Å². The van der Waals surface area contributed by atoms with Crippen molar-refractivity contribution < 1.29 is 14.4 Å². The summed E-state index contributed by atoms with van der Waals surface area (Å²) in [6.07, 6.45) is 3.23. The molecule has 0 saturated heterocycles. The molecule has 7 heteroatoms. The number of para-hydroxylation sites is 1. The number of aromatic nitrogens is 1. The van der Waals surface area contributed by atoms with Crippen LogP contribution in [0.5, 0.6) is 0 Å². The average molecular weight is 402 g/mol. The van der Waals surface area contributed by atoms with Crippen molar-refractivity contribution in [3.05, 3.63) is 95.3 Å². The zero-order valence-corrected chi connectivity index (χ0v) is 16.5. The van der Waals surface area contributed by atoms with Crippen LogP contribution in [-0.4, -0.2) is 22.7 Å². The van der Waals surface area contributed by atoms with E-state index in [4.69, 9.17) is 0 Å². The van der Waals surface area contributed by atoms with Crippen LogP contribution in [0.15, 0.2) is 73.1 Å². The van der Waals surface area contributed by atoms with Gasteiger partial charge < -0.3 is 16.0 Å². The first kappa shape index (κ1) is 20.7. The highest BCUT2D eigenvalue weighted by Crippen LogP contribution is 2.15. The van der Waals surface area contributed by atoms with Crippen molar-refractivity contribution in [2.45, 2.75) is 20.0 Å². The second-order valence-electron chi connectivity index (χ2n) is 6.71. The van der Waals surface area contributed by atoms with Crippen molar-refractivity contribution >= 4 is 23.4 Å². The molecule has 3 amide bonds. The SMILES string of the molecule is Cc1ccc(CNC(=O)c2ccccc2NC(=O)C(=O)NCc2cccnc2)cc1. The zero-order valence-electron chi connectivity index (χ0n) is 16.5. The molecule has 0 unspecified atom stereocenters. The third-order valence-electron chi connectivity index (χ3n) is 4.38. The number of carbonyl (C=O) groups is 3. The van der Waals surface area contributed by atoms with Crippen LogP contribution in [0, 0.1) is 6.92 Å². The van der Waals surface area contributed by atoms with Gasteiger partial charge in [0.1, 0.15) is 0 Å². The van der Waals surface area contributed by atoms with Gasteiger partial charge in [0.05, 0.1) is 11.3 Å². The van der Waals surface area contributed by atoms with E-state index in [2.05, 4.69) is 20.9 Å². The number of carbonyl (C=O) groups excluding carboxylic acids is 3. The topological polar surface area (TPSA) is 100 Å². The summed E-state index contributed by atoms with van der Waals surface area (Å²) in [6, 6.07) is 17.9. The van der Waals surface area contributed by atoms with E-state index in [1.54, 1.807) is 48.8 Å². The van der Waals surface area contributed by atoms with E-state index in [1.807, 2.05) is 31.2 Å². The molecule has 2 aromatic carbocycles. The lowest BCUT2D eigenvalue weighted by Crippen LogP contribution is -2.35. The maximum absolute atomic E-state index is 12.6. The third-order valence-corrected chi connectivity index (χ3v) is 4.38. The van der Waals surface area contributed by atoms with Crippen LogP contribution in [0.4, 0.5) is 5.69 Å². The monoisotopic (exact) mass is 402 g/mol. The van der Waals surface area contributed by atoms with Gasteiger partial charge in [0.25, 0.3) is 5.91 Å². The Balaban J connectivity index is 1.59. The van der Waals surface area contributed by atoms with Crippen molar-refractivity contribution in [3.8, 4) is 0 Å². The van der Waals surface area contributed by atoms with Gasteiger partial charge in [-0.15, -0.1) is 0 Å². The number of hydrogen-bond acceptors (Lipinski definition) is 4. The minimum atomic E-state index is -0.849. The number of rotatable bonds is 6. The summed E-state index contributed by atoms with van der Waals surface area (Å²) < 4.78 is 0. The number of amides is 3. The zero-order chi connectivity index (χ0) is 21.3. The molecule has 0 bridgehead atoms. The van der Waals surface area contributed by atoms with E-state index in [0.29, 0.717) is 6.54 Å². The highest BCUT2D eigenvalue weighted by atomic mass is 16.2. The Labute approximate surface area is 174 Å². The molecular formula is C23H22N4O3. The summed E-state index contributed by atoms with van der Waals surface area (Å²) in [7, 11) is 0. The summed E-state index contributed by atoms with van der Waals surface area (Å²) in [4.78, 5) is 40.9. The fourth-order valence-electron chi connectivity index (χ4n) is 2.72. The largest absolute Gasteiger partial charge is 0.348 e. The van der Waals surface area contributed by atoms with Crippen molar-refractivity contribution in [2.75, 3.05) is 5.32 Å². The Bertz CT molecular complexity index is 1030. The molecule has 152 valence electrons. The normalized spacial score (nSPS) is 10.2. The number of aryl methyl sites for hydroxylation is 1. The van der Waals surface area contributed by atoms with Gasteiger partial charge >= 0.3 is 11.8 Å². The molecule has 3 N–H and O–H groups in total. The lowest BCUT2D eigenvalue weighted by Gasteiger charge is -2.12. The fourth-order valence-corrected chi connectivity index (χ4v) is 2.72. The Morgan fingerprint density at radius 3 is 2.27 bits per heavy atom. The maximum atomic E-state index is 12.6. The van der Waals surface area contributed by atoms with Crippen LogP contribution in [-0.2, 0) is 22.7 Å². The highest BCUT2D eigenvalue weighted by molar-refractivity contribution is 6.40. The van der Waals surface area contributed by atoms with Gasteiger partial charge in [0.2, 0.25) is 0 Å². The third kappa shape index (κ3) is 5.75. The smallest absolute Gasteiger partial charge is 0.313 e. The number of nitrogens with one attached hydrogen (secondary N) is 3. The Morgan fingerprint density at radius 2 is 1.53 bits per heavy atom. The molecule has 1 aromatic heterocycles. The van der Waals surface area contributed by atoms with Gasteiger partial charge in [-0.05, 0) is 36.2 Å². The summed E-state index contributed by atoms with van der Waals surface area (Å²) in [5.41, 5.74) is 3.41. The molecule has 0 aliphatic carbocycles. The van der Waals surface area contributed by atoms with E-state index in [-0.39, 0.29) is 23.7 Å². The van der Waals surface area contributed by atoms with Crippen LogP contribution >= 0.6 is 0 Å². The highest BCUT2D eigenvalue weighted by Gasteiger charge is 2.17. The van der Waals surface area contributed by atoms with E-state index < -0.39 is 11.8 Å². The number of hydrogen-bond donors (Lipinski definition) is 3. The molecule has 0 saturated carbocycles. The second kappa shape index (κ2) is 9.97. The van der Waals surface area contributed by atoms with E-state index in [1.165, 1.54) is 0 Å². The van der Waals surface area contributed by atoms with Crippen LogP contribution in [0.25, 0.3) is 0 Å². The lowest BCUT2D eigenvalue weighted by molar-refractivity contribution is -0.136. The molecule has 0 fully saturated rings. The van der Waals surface area contributed by atoms with Gasteiger partial charge in [-0.2, -0.15) is 0 Å². The van der Waals surface area contributed by atoms with E-state index >= 15 is 0 Å². The minimum absolute atomic E-state index is 0.179. The number of benzene rings is 2. The standard InChI is InChI=1S/C23H22N4O3/c1-16-8-10-17(11-9-16)14-25-21(28)19-6-2-3-7-20(19)27-23(30)22(29)26-15-18-5-4-12-24-13-18/h2-13H,14-15H2,1H3,(H,25,28)(H,26,29)(H,27,30). The first-order valence-electron chi connectivity index (χ1n) is 9.44. The molecule has 0 aliphatic heterocycles. The first-order valence-corrected chi connectivity index (χ1v) is 9.44. The summed E-state index contributed by atoms with van der Waals surface area (Å²) >= 11 is 0. The quantitative estimate of drug-likeness (QED) is 0.552. The molecule has 0 spiro atoms. The molecular weight excluding hydrogens is 380 g/mol. The van der Waals surface area contributed by atoms with Crippen molar-refractivity contribution in [1.29, 1.82) is 0 Å². The predicted molar refractivity (Wildman–Crippen MR) is 114 cm³/mol. The molecule has 0 atom stereocenters. The lowest BCUT2D eigenvalue weighted by atomic mass is 10.1. The van der Waals surface area contributed by atoms with Gasteiger partial charge in [-0.1, -0.05) is 48.0 Å². The van der Waals surface area contributed by atoms with Crippen LogP contribution < -0.4 is 16.0 Å². The number of nitrogens with zero attached hydrogens (tertiary/aromatic N) is 1. The molecule has 3 aromatic rings. The Hall–Kier alpha value is -4.00. The van der Waals surface area contributed by atoms with E-state index in [0.717, 1.165) is 16.7 Å². The molecule has 7 nitrogen and oxygen atoms in total. The van der Waals surface area contributed by atoms with E-state index in [9.17, 15) is 14.4 Å². The Morgan fingerprint density at radius 1 is 0.800 bits per heavy atom. The summed E-state index contributed by atoms with van der Waals surface area (Å²) in [6.45, 7) is 2.53. The fraction of sp³-hybridized carbons (Fsp3) is 0.130. The Kier molecular flexibility index (Phi) is 6.89. The predicted octanol–water partition coefficient (Wildman–Crippen LogP) is 2.57. The molecule has 30 heavy (non-hydrogen) atoms. The molecule has 0 aliphatic rings. The van der Waals surface area contributed by atoms with Crippen molar-refractivity contribution in [3.63, 3.8) is 0 Å². The number of anilines is 1. The molecule has 1 heterocycles. The average Bonchev–Trinajstić information content (AvgIpc) is 2.78. The summed E-state index contributed by atoms with van der Waals surface area (Å²) in [5.74, 6) is -1.99. The minimum Gasteiger partial charge on any atom is -0.348 e. The van der Waals surface area contributed by atoms with Crippen LogP contribution in [0.2, 0.25) is 0 Å². The summed E-state index contributed by atoms with van der Waals surface area (Å²) in [5, 5.41) is 7.86. The van der Waals surface area contributed by atoms with Gasteiger partial charge in [-0.25, -0.2) is 0 Å². The number of pyridine rings is 1. The molecule has 0 radical (unpaired) electrons. The second-order valence-corrected chi connectivity index (χ2v) is 6.71. The molecule has 3 rings (SSSR count). The van der Waals surface area contributed by atoms with Gasteiger partial charge in [0.15, 0.2) is 0 Å². The maximum Gasteiger partial charge on any atom is 0.313 e. The van der Waals surface area contributed by atoms with Crippen LogP contribution in [0.1, 0.15) is 27.0 Å².